The number of imide groups is 1. The van der Waals surface area contributed by atoms with Gasteiger partial charge in [0.15, 0.2) is 0 Å². The number of halogens is 1. The second-order valence-electron chi connectivity index (χ2n) is 8.59. The fourth-order valence-corrected chi connectivity index (χ4v) is 6.78. The summed E-state index contributed by atoms with van der Waals surface area (Å²) in [5.41, 5.74) is 4.02. The minimum Gasteiger partial charge on any atom is -0.302 e. The third-order valence-corrected chi connectivity index (χ3v) is 7.94. The van der Waals surface area contributed by atoms with Gasteiger partial charge in [0.25, 0.3) is 0 Å². The van der Waals surface area contributed by atoms with E-state index >= 15 is 0 Å². The predicted octanol–water partition coefficient (Wildman–Crippen LogP) is 4.35. The predicted molar refractivity (Wildman–Crippen MR) is 125 cm³/mol. The number of aryl methyl sites for hydroxylation is 1. The van der Waals surface area contributed by atoms with Crippen molar-refractivity contribution in [3.8, 4) is 0 Å². The van der Waals surface area contributed by atoms with Gasteiger partial charge in [-0.05, 0) is 75.5 Å². The summed E-state index contributed by atoms with van der Waals surface area (Å²) >= 11 is 2.22. The summed E-state index contributed by atoms with van der Waals surface area (Å²) < 4.78 is 1.04. The first kappa shape index (κ1) is 18.9. The van der Waals surface area contributed by atoms with E-state index in [9.17, 15) is 14.4 Å². The van der Waals surface area contributed by atoms with Crippen LogP contribution in [0.25, 0.3) is 0 Å². The molecule has 3 aromatic rings. The zero-order chi connectivity index (χ0) is 21.5. The number of amides is 2. The van der Waals surface area contributed by atoms with Crippen molar-refractivity contribution in [2.75, 3.05) is 4.90 Å². The second-order valence-corrected chi connectivity index (χ2v) is 9.83. The van der Waals surface area contributed by atoms with Crippen LogP contribution in [0.2, 0.25) is 0 Å². The first-order valence-corrected chi connectivity index (χ1v) is 11.4. The van der Waals surface area contributed by atoms with E-state index in [4.69, 9.17) is 0 Å². The van der Waals surface area contributed by atoms with Crippen molar-refractivity contribution in [1.29, 1.82) is 0 Å². The van der Waals surface area contributed by atoms with E-state index in [0.29, 0.717) is 5.69 Å². The zero-order valence-corrected chi connectivity index (χ0v) is 18.9. The summed E-state index contributed by atoms with van der Waals surface area (Å²) in [6.45, 7) is 1.91. The molecule has 7 rings (SSSR count). The Morgan fingerprint density at radius 2 is 1.52 bits per heavy atom. The number of hydrogen-bond donors (Lipinski definition) is 0. The van der Waals surface area contributed by atoms with Gasteiger partial charge in [-0.2, -0.15) is 0 Å². The lowest BCUT2D eigenvalue weighted by atomic mass is 9.48. The number of rotatable bonds is 2. The van der Waals surface area contributed by atoms with Crippen LogP contribution in [0.3, 0.4) is 0 Å². The lowest BCUT2D eigenvalue weighted by Crippen LogP contribution is -2.54. The smallest absolute Gasteiger partial charge is 0.239 e. The first-order chi connectivity index (χ1) is 15.0. The molecule has 0 N–H and O–H groups in total. The summed E-state index contributed by atoms with van der Waals surface area (Å²) in [6, 6.07) is 21.3. The standard InChI is InChI=1S/C26H18INO3/c1-14-12-15(27)10-11-20(14)28-24(30)22-21-16-6-2-4-8-18(16)26(13-29,23(22)25(28)31)19-9-5-3-7-17(19)21/h2-13,21-23H,1H3/t21?,22-,23+,26?/m0/s1. The first-order valence-electron chi connectivity index (χ1n) is 10.3. The van der Waals surface area contributed by atoms with Gasteiger partial charge in [-0.25, -0.2) is 4.90 Å². The minimum atomic E-state index is -1.15. The molecule has 0 spiro atoms. The molecule has 31 heavy (non-hydrogen) atoms. The summed E-state index contributed by atoms with van der Waals surface area (Å²) in [6.07, 6.45) is 0.910. The maximum absolute atomic E-state index is 13.9. The molecule has 1 aliphatic heterocycles. The summed E-state index contributed by atoms with van der Waals surface area (Å²) in [4.78, 5) is 42.0. The Bertz CT molecular complexity index is 1270. The van der Waals surface area contributed by atoms with Crippen LogP contribution in [0.1, 0.15) is 33.7 Å². The Morgan fingerprint density at radius 3 is 2.10 bits per heavy atom. The van der Waals surface area contributed by atoms with Crippen molar-refractivity contribution in [3.05, 3.63) is 98.1 Å². The highest BCUT2D eigenvalue weighted by molar-refractivity contribution is 14.1. The summed E-state index contributed by atoms with van der Waals surface area (Å²) in [7, 11) is 0. The van der Waals surface area contributed by atoms with Gasteiger partial charge in [-0.15, -0.1) is 0 Å². The summed E-state index contributed by atoms with van der Waals surface area (Å²) in [5, 5.41) is 0. The van der Waals surface area contributed by atoms with E-state index in [1.54, 1.807) is 0 Å². The van der Waals surface area contributed by atoms with Gasteiger partial charge in [-0.1, -0.05) is 48.5 Å². The van der Waals surface area contributed by atoms with E-state index < -0.39 is 17.3 Å². The van der Waals surface area contributed by atoms with Crippen LogP contribution >= 0.6 is 22.6 Å². The van der Waals surface area contributed by atoms with Crippen molar-refractivity contribution in [1.82, 2.24) is 0 Å². The molecule has 5 heteroatoms. The Morgan fingerprint density at radius 1 is 0.903 bits per heavy atom. The van der Waals surface area contributed by atoms with E-state index in [0.717, 1.165) is 37.7 Å². The molecule has 4 nitrogen and oxygen atoms in total. The third kappa shape index (κ3) is 2.17. The minimum absolute atomic E-state index is 0.209. The van der Waals surface area contributed by atoms with Gasteiger partial charge in [0.05, 0.1) is 22.9 Å². The van der Waals surface area contributed by atoms with Gasteiger partial charge in [-0.3, -0.25) is 9.59 Å². The maximum Gasteiger partial charge on any atom is 0.239 e. The molecule has 0 aromatic heterocycles. The Balaban J connectivity index is 1.65. The molecule has 2 bridgehead atoms. The van der Waals surface area contributed by atoms with E-state index in [1.807, 2.05) is 73.7 Å². The lowest BCUT2D eigenvalue weighted by Gasteiger charge is -2.51. The molecular formula is C26H18INO3. The van der Waals surface area contributed by atoms with Crippen molar-refractivity contribution >= 4 is 46.4 Å². The monoisotopic (exact) mass is 519 g/mol. The van der Waals surface area contributed by atoms with Crippen LogP contribution in [-0.2, 0) is 19.8 Å². The zero-order valence-electron chi connectivity index (χ0n) is 16.7. The molecular weight excluding hydrogens is 501 g/mol. The van der Waals surface area contributed by atoms with Crippen LogP contribution in [-0.4, -0.2) is 18.1 Å². The molecule has 1 heterocycles. The molecule has 0 radical (unpaired) electrons. The number of nitrogens with zero attached hydrogens (tertiary/aromatic N) is 1. The van der Waals surface area contributed by atoms with Crippen LogP contribution in [0.4, 0.5) is 5.69 Å². The highest BCUT2D eigenvalue weighted by Gasteiger charge is 2.68. The summed E-state index contributed by atoms with van der Waals surface area (Å²) in [5.74, 6) is -2.03. The van der Waals surface area contributed by atoms with Gasteiger partial charge < -0.3 is 4.79 Å². The molecule has 3 aromatic carbocycles. The SMILES string of the molecule is Cc1cc(I)ccc1N1C(=O)[C@H]2C3c4ccccc4C(C=O)(c4ccccc43)[C@H]2C1=O. The van der Waals surface area contributed by atoms with Gasteiger partial charge in [0, 0.05) is 9.49 Å². The van der Waals surface area contributed by atoms with Crippen LogP contribution < -0.4 is 4.90 Å². The number of aldehydes is 1. The van der Waals surface area contributed by atoms with Crippen molar-refractivity contribution in [2.24, 2.45) is 11.8 Å². The van der Waals surface area contributed by atoms with Crippen LogP contribution in [0.5, 0.6) is 0 Å². The fraction of sp³-hybridized carbons (Fsp3) is 0.192. The Kier molecular flexibility index (Phi) is 3.88. The maximum atomic E-state index is 13.9. The number of benzene rings is 3. The molecule has 152 valence electrons. The normalized spacial score (nSPS) is 27.7. The largest absolute Gasteiger partial charge is 0.302 e. The Hall–Kier alpha value is -2.80. The van der Waals surface area contributed by atoms with Gasteiger partial charge >= 0.3 is 0 Å². The van der Waals surface area contributed by atoms with Crippen LogP contribution in [0.15, 0.2) is 66.7 Å². The molecule has 1 fully saturated rings. The average Bonchev–Trinajstić information content (AvgIpc) is 3.05. The van der Waals surface area contributed by atoms with E-state index in [2.05, 4.69) is 22.6 Å². The van der Waals surface area contributed by atoms with Crippen molar-refractivity contribution < 1.29 is 14.4 Å². The average molecular weight is 519 g/mol. The quantitative estimate of drug-likeness (QED) is 0.288. The molecule has 4 aliphatic rings. The fourth-order valence-electron chi connectivity index (χ4n) is 6.14. The molecule has 2 amide bonds. The van der Waals surface area contributed by atoms with Gasteiger partial charge in [0.2, 0.25) is 11.8 Å². The number of carbonyl (C=O) groups excluding carboxylic acids is 3. The van der Waals surface area contributed by atoms with Crippen molar-refractivity contribution in [3.63, 3.8) is 0 Å². The Labute approximate surface area is 193 Å². The third-order valence-electron chi connectivity index (χ3n) is 7.27. The van der Waals surface area contributed by atoms with Crippen molar-refractivity contribution in [2.45, 2.75) is 18.3 Å². The van der Waals surface area contributed by atoms with Gasteiger partial charge in [0.1, 0.15) is 6.29 Å². The number of anilines is 1. The van der Waals surface area contributed by atoms with E-state index in [-0.39, 0.29) is 17.7 Å². The molecule has 1 saturated heterocycles. The lowest BCUT2D eigenvalue weighted by molar-refractivity contribution is -0.128. The highest BCUT2D eigenvalue weighted by atomic mass is 127. The highest BCUT2D eigenvalue weighted by Crippen LogP contribution is 2.63. The number of carbonyl (C=O) groups is 3. The second kappa shape index (κ2) is 6.36. The molecule has 0 unspecified atom stereocenters. The van der Waals surface area contributed by atoms with Crippen LogP contribution in [0, 0.1) is 22.3 Å². The van der Waals surface area contributed by atoms with E-state index in [1.165, 1.54) is 4.90 Å². The molecule has 3 aliphatic carbocycles. The topological polar surface area (TPSA) is 54.5 Å². The number of hydrogen-bond acceptors (Lipinski definition) is 3. The molecule has 0 saturated carbocycles. The molecule has 2 atom stereocenters.